The van der Waals surface area contributed by atoms with Gasteiger partial charge in [0.2, 0.25) is 5.91 Å². The van der Waals surface area contributed by atoms with Gasteiger partial charge in [-0.05, 0) is 50.1 Å². The maximum Gasteiger partial charge on any atom is 0.261 e. The molecule has 29 heavy (non-hydrogen) atoms. The highest BCUT2D eigenvalue weighted by Gasteiger charge is 2.28. The molecule has 1 fully saturated rings. The second-order valence-electron chi connectivity index (χ2n) is 7.20. The van der Waals surface area contributed by atoms with Gasteiger partial charge in [-0.3, -0.25) is 14.3 Å². The zero-order valence-corrected chi connectivity index (χ0v) is 17.3. The molecular formula is C21H25N3O4S. The van der Waals surface area contributed by atoms with Gasteiger partial charge in [-0.2, -0.15) is 0 Å². The Kier molecular flexibility index (Phi) is 6.22. The van der Waals surface area contributed by atoms with E-state index in [0.717, 1.165) is 18.4 Å². The van der Waals surface area contributed by atoms with Crippen LogP contribution in [0, 0.1) is 12.8 Å². The molecule has 1 aliphatic rings. The summed E-state index contributed by atoms with van der Waals surface area (Å²) in [6, 6.07) is 13.0. The molecule has 8 heteroatoms. The lowest BCUT2D eigenvalue weighted by Gasteiger charge is -2.32. The summed E-state index contributed by atoms with van der Waals surface area (Å²) in [6.07, 6.45) is 1.50. The Labute approximate surface area is 171 Å². The molecule has 2 amide bonds. The average Bonchev–Trinajstić information content (AvgIpc) is 2.73. The van der Waals surface area contributed by atoms with Crippen molar-refractivity contribution in [3.63, 3.8) is 0 Å². The SMILES string of the molecule is CNC(=O)C1CCCN(C(=O)c2cccc(NS(=O)(=O)c3ccc(C)cc3)c2)C1. The molecule has 0 saturated carbocycles. The summed E-state index contributed by atoms with van der Waals surface area (Å²) in [4.78, 5) is 26.6. The monoisotopic (exact) mass is 415 g/mol. The summed E-state index contributed by atoms with van der Waals surface area (Å²) in [7, 11) is -2.16. The van der Waals surface area contributed by atoms with E-state index in [-0.39, 0.29) is 22.6 Å². The van der Waals surface area contributed by atoms with Crippen molar-refractivity contribution >= 4 is 27.5 Å². The summed E-state index contributed by atoms with van der Waals surface area (Å²) in [5, 5.41) is 2.63. The highest BCUT2D eigenvalue weighted by molar-refractivity contribution is 7.92. The van der Waals surface area contributed by atoms with Crippen LogP contribution in [0.2, 0.25) is 0 Å². The number of aryl methyl sites for hydroxylation is 1. The van der Waals surface area contributed by atoms with Gasteiger partial charge in [-0.1, -0.05) is 23.8 Å². The topological polar surface area (TPSA) is 95.6 Å². The summed E-state index contributed by atoms with van der Waals surface area (Å²) < 4.78 is 27.7. The number of rotatable bonds is 5. The van der Waals surface area contributed by atoms with Crippen molar-refractivity contribution in [2.24, 2.45) is 5.92 Å². The molecule has 0 aromatic heterocycles. The molecule has 2 N–H and O–H groups in total. The van der Waals surface area contributed by atoms with Gasteiger partial charge in [0.05, 0.1) is 10.8 Å². The molecule has 1 unspecified atom stereocenters. The first-order chi connectivity index (χ1) is 13.8. The summed E-state index contributed by atoms with van der Waals surface area (Å²) >= 11 is 0. The van der Waals surface area contributed by atoms with E-state index < -0.39 is 10.0 Å². The first-order valence-electron chi connectivity index (χ1n) is 9.50. The first kappa shape index (κ1) is 20.9. The van der Waals surface area contributed by atoms with E-state index in [1.54, 1.807) is 54.4 Å². The van der Waals surface area contributed by atoms with Gasteiger partial charge in [-0.25, -0.2) is 8.42 Å². The molecule has 0 aliphatic carbocycles. The Balaban J connectivity index is 1.76. The van der Waals surface area contributed by atoms with E-state index in [4.69, 9.17) is 0 Å². The Hall–Kier alpha value is -2.87. The van der Waals surface area contributed by atoms with Crippen LogP contribution in [0.1, 0.15) is 28.8 Å². The molecule has 0 radical (unpaired) electrons. The van der Waals surface area contributed by atoms with Crippen molar-refractivity contribution in [1.82, 2.24) is 10.2 Å². The Morgan fingerprint density at radius 1 is 1.10 bits per heavy atom. The average molecular weight is 416 g/mol. The van der Waals surface area contributed by atoms with Crippen LogP contribution in [-0.4, -0.2) is 45.3 Å². The van der Waals surface area contributed by atoms with E-state index >= 15 is 0 Å². The van der Waals surface area contributed by atoms with Gasteiger partial charge in [0.1, 0.15) is 0 Å². The lowest BCUT2D eigenvalue weighted by molar-refractivity contribution is -0.125. The fourth-order valence-corrected chi connectivity index (χ4v) is 4.46. The number of carbonyl (C=O) groups excluding carboxylic acids is 2. The normalized spacial score (nSPS) is 16.9. The van der Waals surface area contributed by atoms with Gasteiger partial charge in [0.25, 0.3) is 15.9 Å². The third kappa shape index (κ3) is 4.95. The van der Waals surface area contributed by atoms with Crippen molar-refractivity contribution in [3.8, 4) is 0 Å². The van der Waals surface area contributed by atoms with Gasteiger partial charge < -0.3 is 10.2 Å². The van der Waals surface area contributed by atoms with E-state index in [9.17, 15) is 18.0 Å². The molecule has 1 heterocycles. The molecule has 2 aromatic carbocycles. The van der Waals surface area contributed by atoms with Crippen LogP contribution < -0.4 is 10.0 Å². The van der Waals surface area contributed by atoms with Crippen LogP contribution in [0.4, 0.5) is 5.69 Å². The largest absolute Gasteiger partial charge is 0.359 e. The number of amides is 2. The minimum atomic E-state index is -3.75. The highest BCUT2D eigenvalue weighted by atomic mass is 32.2. The minimum absolute atomic E-state index is 0.0675. The van der Waals surface area contributed by atoms with Gasteiger partial charge >= 0.3 is 0 Å². The highest BCUT2D eigenvalue weighted by Crippen LogP contribution is 2.22. The van der Waals surface area contributed by atoms with E-state index in [1.807, 2.05) is 6.92 Å². The molecule has 1 saturated heterocycles. The molecule has 3 rings (SSSR count). The zero-order valence-electron chi connectivity index (χ0n) is 16.5. The van der Waals surface area contributed by atoms with E-state index in [1.165, 1.54) is 6.07 Å². The lowest BCUT2D eigenvalue weighted by Crippen LogP contribution is -2.44. The summed E-state index contributed by atoms with van der Waals surface area (Å²) in [5.41, 5.74) is 1.66. The standard InChI is InChI=1S/C21H25N3O4S/c1-15-8-10-19(11-9-15)29(27,28)23-18-7-3-5-16(13-18)21(26)24-12-4-6-17(14-24)20(25)22-2/h3,5,7-11,13,17,23H,4,6,12,14H2,1-2H3,(H,22,25). The van der Waals surface area contributed by atoms with Crippen LogP contribution in [0.15, 0.2) is 53.4 Å². The van der Waals surface area contributed by atoms with Crippen molar-refractivity contribution in [3.05, 3.63) is 59.7 Å². The third-order valence-corrected chi connectivity index (χ3v) is 6.42. The van der Waals surface area contributed by atoms with Crippen LogP contribution >= 0.6 is 0 Å². The molecule has 0 bridgehead atoms. The lowest BCUT2D eigenvalue weighted by atomic mass is 9.96. The maximum atomic E-state index is 12.9. The number of hydrogen-bond donors (Lipinski definition) is 2. The van der Waals surface area contributed by atoms with Gasteiger partial charge in [0.15, 0.2) is 0 Å². The fraction of sp³-hybridized carbons (Fsp3) is 0.333. The van der Waals surface area contributed by atoms with E-state index in [0.29, 0.717) is 24.3 Å². The number of likely N-dealkylation sites (tertiary alicyclic amines) is 1. The van der Waals surface area contributed by atoms with Crippen LogP contribution in [0.5, 0.6) is 0 Å². The van der Waals surface area contributed by atoms with Gasteiger partial charge in [0, 0.05) is 31.4 Å². The number of hydrogen-bond acceptors (Lipinski definition) is 4. The van der Waals surface area contributed by atoms with Gasteiger partial charge in [-0.15, -0.1) is 0 Å². The number of nitrogens with one attached hydrogen (secondary N) is 2. The van der Waals surface area contributed by atoms with Crippen LogP contribution in [0.3, 0.4) is 0 Å². The van der Waals surface area contributed by atoms with Crippen LogP contribution in [-0.2, 0) is 14.8 Å². The molecule has 154 valence electrons. The minimum Gasteiger partial charge on any atom is -0.359 e. The summed E-state index contributed by atoms with van der Waals surface area (Å²) in [5.74, 6) is -0.502. The van der Waals surface area contributed by atoms with Crippen molar-refractivity contribution < 1.29 is 18.0 Å². The maximum absolute atomic E-state index is 12.9. The number of nitrogens with zero attached hydrogens (tertiary/aromatic N) is 1. The number of benzene rings is 2. The second kappa shape index (κ2) is 8.65. The number of sulfonamides is 1. The zero-order chi connectivity index (χ0) is 21.0. The fourth-order valence-electron chi connectivity index (χ4n) is 3.41. The number of carbonyl (C=O) groups is 2. The predicted octanol–water partition coefficient (Wildman–Crippen LogP) is 2.39. The molecule has 7 nitrogen and oxygen atoms in total. The smallest absolute Gasteiger partial charge is 0.261 e. The quantitative estimate of drug-likeness (QED) is 0.784. The molecule has 1 aliphatic heterocycles. The van der Waals surface area contributed by atoms with Crippen LogP contribution in [0.25, 0.3) is 0 Å². The number of anilines is 1. The molecule has 2 aromatic rings. The van der Waals surface area contributed by atoms with Crippen molar-refractivity contribution in [2.75, 3.05) is 24.9 Å². The Morgan fingerprint density at radius 2 is 1.83 bits per heavy atom. The third-order valence-electron chi connectivity index (χ3n) is 5.02. The Bertz CT molecular complexity index is 1000. The first-order valence-corrected chi connectivity index (χ1v) is 11.0. The predicted molar refractivity (Wildman–Crippen MR) is 111 cm³/mol. The number of piperidine rings is 1. The second-order valence-corrected chi connectivity index (χ2v) is 8.89. The Morgan fingerprint density at radius 3 is 2.52 bits per heavy atom. The van der Waals surface area contributed by atoms with E-state index in [2.05, 4.69) is 10.0 Å². The molecule has 0 spiro atoms. The van der Waals surface area contributed by atoms with Crippen molar-refractivity contribution in [1.29, 1.82) is 0 Å². The molecule has 1 atom stereocenters. The summed E-state index contributed by atoms with van der Waals surface area (Å²) in [6.45, 7) is 2.82. The van der Waals surface area contributed by atoms with Crippen molar-refractivity contribution in [2.45, 2.75) is 24.7 Å². The molecular weight excluding hydrogens is 390 g/mol.